The number of carbonyl (C=O) groups is 3. The maximum absolute atomic E-state index is 15.3. The molecule has 0 saturated carbocycles. The SMILES string of the molecule is C=CCN1CC(=O)N2C(CN(Cc3ccc(F)c(N4CC(N5CCC(N(C)C)CC5)C4)n3)C(=O)[C@@H]2Cc2ccc(O)cc2F)N1C(=O)CCc1ccccc1. The van der Waals surface area contributed by atoms with Crippen LogP contribution in [0.1, 0.15) is 36.1 Å². The summed E-state index contributed by atoms with van der Waals surface area (Å²) in [7, 11) is 4.23. The number of rotatable bonds is 12. The summed E-state index contributed by atoms with van der Waals surface area (Å²) < 4.78 is 30.5. The van der Waals surface area contributed by atoms with Crippen molar-refractivity contribution >= 4 is 23.5 Å². The zero-order valence-electron chi connectivity index (χ0n) is 31.6. The number of aromatic nitrogens is 1. The summed E-state index contributed by atoms with van der Waals surface area (Å²) in [4.78, 5) is 56.9. The Labute approximate surface area is 321 Å². The second-order valence-corrected chi connectivity index (χ2v) is 15.3. The van der Waals surface area contributed by atoms with Gasteiger partial charge in [-0.3, -0.25) is 19.3 Å². The molecule has 4 aliphatic rings. The van der Waals surface area contributed by atoms with Crippen LogP contribution in [0, 0.1) is 11.6 Å². The third-order valence-electron chi connectivity index (χ3n) is 11.5. The first-order valence-corrected chi connectivity index (χ1v) is 19.1. The molecule has 0 bridgehead atoms. The molecule has 7 rings (SSSR count). The van der Waals surface area contributed by atoms with E-state index in [-0.39, 0.29) is 68.0 Å². The van der Waals surface area contributed by atoms with E-state index in [2.05, 4.69) is 30.5 Å². The fourth-order valence-corrected chi connectivity index (χ4v) is 8.43. The van der Waals surface area contributed by atoms with Crippen LogP contribution in [0.4, 0.5) is 14.6 Å². The van der Waals surface area contributed by atoms with Crippen LogP contribution in [0.5, 0.6) is 5.75 Å². The van der Waals surface area contributed by atoms with E-state index in [4.69, 9.17) is 4.98 Å². The average Bonchev–Trinajstić information content (AvgIpc) is 3.14. The Hall–Kier alpha value is -4.92. The molecule has 3 amide bonds. The Bertz CT molecular complexity index is 1880. The van der Waals surface area contributed by atoms with Crippen molar-refractivity contribution in [1.29, 1.82) is 0 Å². The van der Waals surface area contributed by atoms with Crippen molar-refractivity contribution in [2.24, 2.45) is 0 Å². The molecule has 1 unspecified atom stereocenters. The third kappa shape index (κ3) is 8.21. The molecule has 12 nitrogen and oxygen atoms in total. The van der Waals surface area contributed by atoms with Gasteiger partial charge >= 0.3 is 0 Å². The first-order chi connectivity index (χ1) is 26.5. The van der Waals surface area contributed by atoms with Crippen LogP contribution in [0.15, 0.2) is 73.3 Å². The van der Waals surface area contributed by atoms with Gasteiger partial charge in [-0.2, -0.15) is 0 Å². The molecular weight excluding hydrogens is 706 g/mol. The second kappa shape index (κ2) is 16.4. The second-order valence-electron chi connectivity index (χ2n) is 15.3. The number of benzene rings is 2. The summed E-state index contributed by atoms with van der Waals surface area (Å²) in [5.41, 5.74) is 1.58. The number of phenolic OH excluding ortho intramolecular Hbond substituents is 1. The Kier molecular flexibility index (Phi) is 11.5. The van der Waals surface area contributed by atoms with E-state index in [1.54, 1.807) is 22.2 Å². The van der Waals surface area contributed by atoms with Crippen LogP contribution in [-0.2, 0) is 33.8 Å². The number of anilines is 1. The predicted molar refractivity (Wildman–Crippen MR) is 203 cm³/mol. The fourth-order valence-electron chi connectivity index (χ4n) is 8.43. The van der Waals surface area contributed by atoms with Gasteiger partial charge in [-0.25, -0.2) is 23.8 Å². The third-order valence-corrected chi connectivity index (χ3v) is 11.5. The molecule has 0 aliphatic carbocycles. The topological polar surface area (TPSA) is 107 Å². The standard InChI is InChI=1S/C41H50F2N8O4/c1-4-18-49-27-39(54)50-36(21-29-11-13-33(52)22-35(29)43)41(55)48(26-37(50)51(49)38(53)15-10-28-8-6-5-7-9-28)23-30-12-14-34(42)40(44-30)47-24-32(25-47)46-19-16-31(17-20-46)45(2)3/h4-9,11-14,22,31-32,36-37,52H,1,10,15-21,23-27H2,2-3H3/t36-,37?/m0/s1. The first-order valence-electron chi connectivity index (χ1n) is 19.1. The number of aromatic hydroxyl groups is 1. The fraction of sp³-hybridized carbons (Fsp3) is 0.463. The molecule has 4 saturated heterocycles. The van der Waals surface area contributed by atoms with E-state index in [9.17, 15) is 19.5 Å². The van der Waals surface area contributed by atoms with E-state index in [0.717, 1.165) is 37.6 Å². The molecule has 292 valence electrons. The molecule has 1 aromatic heterocycles. The maximum atomic E-state index is 15.3. The van der Waals surface area contributed by atoms with E-state index in [1.165, 1.54) is 28.0 Å². The number of piperazine rings is 1. The highest BCUT2D eigenvalue weighted by molar-refractivity contribution is 5.92. The van der Waals surface area contributed by atoms with Gasteiger partial charge in [0.25, 0.3) is 0 Å². The van der Waals surface area contributed by atoms with Crippen molar-refractivity contribution in [3.63, 3.8) is 0 Å². The molecule has 2 aromatic carbocycles. The Morgan fingerprint density at radius 2 is 1.75 bits per heavy atom. The maximum Gasteiger partial charge on any atom is 0.246 e. The zero-order chi connectivity index (χ0) is 38.8. The van der Waals surface area contributed by atoms with Crippen molar-refractivity contribution in [3.8, 4) is 5.75 Å². The molecule has 1 N–H and O–H groups in total. The molecule has 3 aromatic rings. The van der Waals surface area contributed by atoms with Crippen molar-refractivity contribution in [2.45, 2.75) is 62.9 Å². The molecule has 2 atom stereocenters. The van der Waals surface area contributed by atoms with Gasteiger partial charge in [0, 0.05) is 63.7 Å². The van der Waals surface area contributed by atoms with Crippen molar-refractivity contribution in [3.05, 3.63) is 102 Å². The lowest BCUT2D eigenvalue weighted by Gasteiger charge is -2.55. The summed E-state index contributed by atoms with van der Waals surface area (Å²) in [6, 6.07) is 16.0. The summed E-state index contributed by atoms with van der Waals surface area (Å²) in [5, 5.41) is 13.1. The number of hydrazine groups is 1. The lowest BCUT2D eigenvalue weighted by molar-refractivity contribution is -0.205. The summed E-state index contributed by atoms with van der Waals surface area (Å²) in [6.07, 6.45) is 3.35. The number of phenols is 1. The van der Waals surface area contributed by atoms with Crippen LogP contribution >= 0.6 is 0 Å². The number of nitrogens with zero attached hydrogens (tertiary/aromatic N) is 8. The molecular formula is C41H50F2N8O4. The number of hydrogen-bond donors (Lipinski definition) is 1. The number of hydrogen-bond acceptors (Lipinski definition) is 9. The van der Waals surface area contributed by atoms with Crippen molar-refractivity contribution in [1.82, 2.24) is 34.6 Å². The number of carbonyl (C=O) groups excluding carboxylic acids is 3. The average molecular weight is 757 g/mol. The van der Waals surface area contributed by atoms with Crippen LogP contribution < -0.4 is 4.90 Å². The Morgan fingerprint density at radius 1 is 1.00 bits per heavy atom. The van der Waals surface area contributed by atoms with Crippen LogP contribution in [0.2, 0.25) is 0 Å². The number of halogens is 2. The molecule has 5 heterocycles. The van der Waals surface area contributed by atoms with Crippen LogP contribution in [0.25, 0.3) is 0 Å². The number of pyridine rings is 1. The number of amides is 3. The van der Waals surface area contributed by atoms with Crippen LogP contribution in [-0.4, -0.2) is 142 Å². The monoisotopic (exact) mass is 756 g/mol. The van der Waals surface area contributed by atoms with Gasteiger partial charge in [0.15, 0.2) is 11.6 Å². The molecule has 0 spiro atoms. The van der Waals surface area contributed by atoms with Gasteiger partial charge < -0.3 is 24.7 Å². The highest BCUT2D eigenvalue weighted by Crippen LogP contribution is 2.32. The number of fused-ring (bicyclic) bond motifs is 1. The minimum absolute atomic E-state index is 0.0119. The summed E-state index contributed by atoms with van der Waals surface area (Å²) in [6.45, 7) is 7.15. The number of likely N-dealkylation sites (tertiary alicyclic amines) is 1. The lowest BCUT2D eigenvalue weighted by Crippen LogP contribution is -2.76. The largest absolute Gasteiger partial charge is 0.508 e. The minimum atomic E-state index is -1.16. The minimum Gasteiger partial charge on any atom is -0.508 e. The van der Waals surface area contributed by atoms with Gasteiger partial charge in [-0.15, -0.1) is 6.58 Å². The molecule has 4 aliphatic heterocycles. The quantitative estimate of drug-likeness (QED) is 0.279. The van der Waals surface area contributed by atoms with Crippen molar-refractivity contribution < 1.29 is 28.3 Å². The molecule has 4 fully saturated rings. The van der Waals surface area contributed by atoms with E-state index < -0.39 is 29.7 Å². The van der Waals surface area contributed by atoms with Gasteiger partial charge in [0.2, 0.25) is 17.7 Å². The number of aryl methyl sites for hydroxylation is 1. The lowest BCUT2D eigenvalue weighted by atomic mass is 9.97. The van der Waals surface area contributed by atoms with Gasteiger partial charge in [0.05, 0.1) is 25.3 Å². The number of piperidine rings is 1. The van der Waals surface area contributed by atoms with E-state index in [0.29, 0.717) is 37.3 Å². The highest BCUT2D eigenvalue weighted by Gasteiger charge is 2.51. The van der Waals surface area contributed by atoms with Crippen molar-refractivity contribution in [2.75, 3.05) is 64.8 Å². The molecule has 55 heavy (non-hydrogen) atoms. The molecule has 0 radical (unpaired) electrons. The Balaban J connectivity index is 1.14. The van der Waals surface area contributed by atoms with Gasteiger partial charge in [-0.1, -0.05) is 42.5 Å². The summed E-state index contributed by atoms with van der Waals surface area (Å²) in [5.74, 6) is -2.25. The van der Waals surface area contributed by atoms with E-state index >= 15 is 8.78 Å². The van der Waals surface area contributed by atoms with Crippen LogP contribution in [0.3, 0.4) is 0 Å². The smallest absolute Gasteiger partial charge is 0.246 e. The highest BCUT2D eigenvalue weighted by atomic mass is 19.1. The van der Waals surface area contributed by atoms with E-state index in [1.807, 2.05) is 35.2 Å². The van der Waals surface area contributed by atoms with Gasteiger partial charge in [0.1, 0.15) is 23.8 Å². The summed E-state index contributed by atoms with van der Waals surface area (Å²) >= 11 is 0. The Morgan fingerprint density at radius 3 is 2.44 bits per heavy atom. The predicted octanol–water partition coefficient (Wildman–Crippen LogP) is 3.27. The zero-order valence-corrected chi connectivity index (χ0v) is 31.6. The molecule has 14 heteroatoms. The first kappa shape index (κ1) is 38.4. The normalized spacial score (nSPS) is 21.6. The van der Waals surface area contributed by atoms with Gasteiger partial charge in [-0.05, 0) is 62.7 Å².